The number of amides is 2. The van der Waals surface area contributed by atoms with Gasteiger partial charge in [-0.15, -0.1) is 0 Å². The molecule has 0 saturated carbocycles. The average molecular weight is 265 g/mol. The van der Waals surface area contributed by atoms with Gasteiger partial charge >= 0.3 is 0 Å². The van der Waals surface area contributed by atoms with Gasteiger partial charge in [-0.2, -0.15) is 0 Å². The van der Waals surface area contributed by atoms with E-state index in [0.717, 1.165) is 5.56 Å². The zero-order chi connectivity index (χ0) is 14.1. The van der Waals surface area contributed by atoms with Crippen LogP contribution in [0.15, 0.2) is 24.3 Å². The van der Waals surface area contributed by atoms with E-state index in [1.54, 1.807) is 12.1 Å². The number of ether oxygens (including phenoxy) is 1. The molecule has 6 nitrogen and oxygen atoms in total. The Hall–Kier alpha value is -2.08. The highest BCUT2D eigenvalue weighted by Gasteiger charge is 1.98. The van der Waals surface area contributed by atoms with E-state index in [4.69, 9.17) is 10.5 Å². The van der Waals surface area contributed by atoms with Crippen LogP contribution in [0.4, 0.5) is 0 Å². The summed E-state index contributed by atoms with van der Waals surface area (Å²) in [6.45, 7) is 3.39. The van der Waals surface area contributed by atoms with Crippen molar-refractivity contribution in [3.8, 4) is 5.75 Å². The fourth-order valence-electron chi connectivity index (χ4n) is 1.42. The Balaban J connectivity index is 2.24. The Morgan fingerprint density at radius 3 is 2.47 bits per heavy atom. The lowest BCUT2D eigenvalue weighted by molar-refractivity contribution is -0.120. The Bertz CT molecular complexity index is 418. The van der Waals surface area contributed by atoms with Gasteiger partial charge in [0.15, 0.2) is 6.61 Å². The highest BCUT2D eigenvalue weighted by Crippen LogP contribution is 2.11. The van der Waals surface area contributed by atoms with Crippen LogP contribution in [0.5, 0.6) is 5.75 Å². The number of hydrogen-bond donors (Lipinski definition) is 3. The molecule has 0 aliphatic rings. The molecule has 104 valence electrons. The maximum atomic E-state index is 10.6. The van der Waals surface area contributed by atoms with Crippen molar-refractivity contribution in [2.75, 3.05) is 19.7 Å². The molecule has 0 saturated heterocycles. The molecular weight excluding hydrogens is 246 g/mol. The normalized spacial score (nSPS) is 9.95. The zero-order valence-corrected chi connectivity index (χ0v) is 10.9. The zero-order valence-electron chi connectivity index (χ0n) is 10.9. The second-order valence-electron chi connectivity index (χ2n) is 4.06. The number of carbonyl (C=O) groups is 2. The molecule has 1 aromatic rings. The molecule has 0 radical (unpaired) electrons. The summed E-state index contributed by atoms with van der Waals surface area (Å²) in [5, 5.41) is 5.90. The standard InChI is InChI=1S/C13H19N3O3/c1-10(17)16-7-6-15-8-11-2-4-12(5-3-11)19-9-13(14)18/h2-5,15H,6-9H2,1H3,(H2,14,18)(H,16,17). The second kappa shape index (κ2) is 8.10. The van der Waals surface area contributed by atoms with Gasteiger partial charge in [-0.3, -0.25) is 9.59 Å². The predicted molar refractivity (Wildman–Crippen MR) is 71.5 cm³/mol. The first-order valence-corrected chi connectivity index (χ1v) is 6.03. The lowest BCUT2D eigenvalue weighted by Crippen LogP contribution is -2.29. The third-order valence-electron chi connectivity index (χ3n) is 2.31. The van der Waals surface area contributed by atoms with Crippen molar-refractivity contribution in [2.45, 2.75) is 13.5 Å². The summed E-state index contributed by atoms with van der Waals surface area (Å²) in [5.41, 5.74) is 6.07. The molecule has 0 aliphatic heterocycles. The topological polar surface area (TPSA) is 93.4 Å². The molecular formula is C13H19N3O3. The summed E-state index contributed by atoms with van der Waals surface area (Å²) in [4.78, 5) is 21.2. The van der Waals surface area contributed by atoms with Gasteiger partial charge in [-0.25, -0.2) is 0 Å². The molecule has 0 fully saturated rings. The third-order valence-corrected chi connectivity index (χ3v) is 2.31. The van der Waals surface area contributed by atoms with Crippen molar-refractivity contribution in [2.24, 2.45) is 5.73 Å². The molecule has 1 aromatic carbocycles. The summed E-state index contributed by atoms with van der Waals surface area (Å²) < 4.78 is 5.15. The lowest BCUT2D eigenvalue weighted by atomic mass is 10.2. The molecule has 0 aliphatic carbocycles. The van der Waals surface area contributed by atoms with Crippen LogP contribution in [-0.4, -0.2) is 31.5 Å². The number of nitrogens with one attached hydrogen (secondary N) is 2. The van der Waals surface area contributed by atoms with Crippen molar-refractivity contribution in [3.63, 3.8) is 0 Å². The van der Waals surface area contributed by atoms with Gasteiger partial charge in [-0.1, -0.05) is 12.1 Å². The lowest BCUT2D eigenvalue weighted by Gasteiger charge is -2.07. The van der Waals surface area contributed by atoms with Gasteiger partial charge in [0, 0.05) is 26.6 Å². The van der Waals surface area contributed by atoms with Crippen molar-refractivity contribution in [1.29, 1.82) is 0 Å². The van der Waals surface area contributed by atoms with Crippen LogP contribution in [0.1, 0.15) is 12.5 Å². The summed E-state index contributed by atoms with van der Waals surface area (Å²) in [6, 6.07) is 7.38. The van der Waals surface area contributed by atoms with E-state index in [-0.39, 0.29) is 12.5 Å². The van der Waals surface area contributed by atoms with E-state index >= 15 is 0 Å². The quantitative estimate of drug-likeness (QED) is 0.566. The summed E-state index contributed by atoms with van der Waals surface area (Å²) in [7, 11) is 0. The average Bonchev–Trinajstić information content (AvgIpc) is 2.37. The van der Waals surface area contributed by atoms with E-state index in [9.17, 15) is 9.59 Å². The monoisotopic (exact) mass is 265 g/mol. The second-order valence-corrected chi connectivity index (χ2v) is 4.06. The fourth-order valence-corrected chi connectivity index (χ4v) is 1.42. The molecule has 1 rings (SSSR count). The highest BCUT2D eigenvalue weighted by molar-refractivity contribution is 5.75. The van der Waals surface area contributed by atoms with Crippen molar-refractivity contribution < 1.29 is 14.3 Å². The van der Waals surface area contributed by atoms with Crippen LogP contribution in [-0.2, 0) is 16.1 Å². The number of carbonyl (C=O) groups excluding carboxylic acids is 2. The Morgan fingerprint density at radius 2 is 1.89 bits per heavy atom. The van der Waals surface area contributed by atoms with Crippen LogP contribution in [0, 0.1) is 0 Å². The summed E-state index contributed by atoms with van der Waals surface area (Å²) in [5.74, 6) is 0.0854. The number of hydrogen-bond acceptors (Lipinski definition) is 4. The van der Waals surface area contributed by atoms with Gasteiger partial charge in [0.05, 0.1) is 0 Å². The molecule has 6 heteroatoms. The number of benzene rings is 1. The van der Waals surface area contributed by atoms with E-state index in [1.807, 2.05) is 12.1 Å². The first kappa shape index (κ1) is 15.0. The third kappa shape index (κ3) is 7.05. The van der Waals surface area contributed by atoms with Crippen molar-refractivity contribution in [3.05, 3.63) is 29.8 Å². The first-order valence-electron chi connectivity index (χ1n) is 6.03. The van der Waals surface area contributed by atoms with E-state index in [1.165, 1.54) is 6.92 Å². The van der Waals surface area contributed by atoms with Crippen LogP contribution >= 0.6 is 0 Å². The van der Waals surface area contributed by atoms with Gasteiger partial charge < -0.3 is 21.1 Å². The summed E-state index contributed by atoms with van der Waals surface area (Å²) >= 11 is 0. The molecule has 0 heterocycles. The maximum absolute atomic E-state index is 10.6. The summed E-state index contributed by atoms with van der Waals surface area (Å²) in [6.07, 6.45) is 0. The molecule has 0 spiro atoms. The first-order chi connectivity index (χ1) is 9.08. The number of primary amides is 1. The van der Waals surface area contributed by atoms with Gasteiger partial charge in [0.2, 0.25) is 5.91 Å². The van der Waals surface area contributed by atoms with Gasteiger partial charge in [0.1, 0.15) is 5.75 Å². The van der Waals surface area contributed by atoms with Crippen molar-refractivity contribution >= 4 is 11.8 Å². The molecule has 0 bridgehead atoms. The van der Waals surface area contributed by atoms with E-state index < -0.39 is 5.91 Å². The largest absolute Gasteiger partial charge is 0.484 e. The highest BCUT2D eigenvalue weighted by atomic mass is 16.5. The smallest absolute Gasteiger partial charge is 0.255 e. The molecule has 19 heavy (non-hydrogen) atoms. The van der Waals surface area contributed by atoms with Crippen molar-refractivity contribution in [1.82, 2.24) is 10.6 Å². The minimum Gasteiger partial charge on any atom is -0.484 e. The van der Waals surface area contributed by atoms with Crippen LogP contribution < -0.4 is 21.1 Å². The molecule has 4 N–H and O–H groups in total. The van der Waals surface area contributed by atoms with Gasteiger partial charge in [0.25, 0.3) is 5.91 Å². The minimum atomic E-state index is -0.497. The maximum Gasteiger partial charge on any atom is 0.255 e. The Kier molecular flexibility index (Phi) is 6.38. The predicted octanol–water partition coefficient (Wildman–Crippen LogP) is -0.224. The minimum absolute atomic E-state index is 0.0299. The van der Waals surface area contributed by atoms with E-state index in [2.05, 4.69) is 10.6 Å². The molecule has 2 amide bonds. The van der Waals surface area contributed by atoms with E-state index in [0.29, 0.717) is 25.4 Å². The molecule has 0 unspecified atom stereocenters. The van der Waals surface area contributed by atoms with Crippen LogP contribution in [0.3, 0.4) is 0 Å². The van der Waals surface area contributed by atoms with Crippen LogP contribution in [0.2, 0.25) is 0 Å². The Morgan fingerprint density at radius 1 is 1.21 bits per heavy atom. The molecule has 0 aromatic heterocycles. The number of rotatable bonds is 8. The number of nitrogens with two attached hydrogens (primary N) is 1. The van der Waals surface area contributed by atoms with Crippen LogP contribution in [0.25, 0.3) is 0 Å². The SMILES string of the molecule is CC(=O)NCCNCc1ccc(OCC(N)=O)cc1. The fraction of sp³-hybridized carbons (Fsp3) is 0.385. The van der Waals surface area contributed by atoms with Gasteiger partial charge in [-0.05, 0) is 17.7 Å². The Labute approximate surface area is 112 Å². The molecule has 0 atom stereocenters.